The molecule has 1 saturated carbocycles. The van der Waals surface area contributed by atoms with E-state index < -0.39 is 0 Å². The van der Waals surface area contributed by atoms with E-state index in [0.717, 1.165) is 46.4 Å². The van der Waals surface area contributed by atoms with E-state index in [1.54, 1.807) is 0 Å². The Balaban J connectivity index is 1.52. The lowest BCUT2D eigenvalue weighted by Crippen LogP contribution is -2.09. The van der Waals surface area contributed by atoms with Crippen LogP contribution in [0.5, 0.6) is 0 Å². The first-order valence-electron chi connectivity index (χ1n) is 9.25. The van der Waals surface area contributed by atoms with Gasteiger partial charge in [0.15, 0.2) is 11.5 Å². The number of hydrogen-bond acceptors (Lipinski definition) is 4. The van der Waals surface area contributed by atoms with Crippen LogP contribution in [-0.4, -0.2) is 29.1 Å². The fourth-order valence-electron chi connectivity index (χ4n) is 3.88. The van der Waals surface area contributed by atoms with Crippen LogP contribution in [0, 0.1) is 13.8 Å². The fraction of sp³-hybridized carbons (Fsp3) is 0.333. The molecule has 1 fully saturated rings. The Morgan fingerprint density at radius 3 is 2.63 bits per heavy atom. The maximum absolute atomic E-state index is 4.94. The van der Waals surface area contributed by atoms with Crippen LogP contribution in [0.1, 0.15) is 42.3 Å². The molecule has 1 aliphatic carbocycles. The van der Waals surface area contributed by atoms with Gasteiger partial charge in [-0.25, -0.2) is 14.5 Å². The lowest BCUT2D eigenvalue weighted by Gasteiger charge is -2.06. The molecule has 2 unspecified atom stereocenters. The summed E-state index contributed by atoms with van der Waals surface area (Å²) in [6, 6.07) is 10.3. The molecule has 136 valence electrons. The standard InChI is InChI=1S/C21H22N6/c1-13-11-22-14(2)18-24-20(25-27(13)18)21(3)10-16(21)19-23-17(12-26(19)4)15-8-6-5-7-9-15/h5-9,11-12,16H,10H2,1-4H3. The van der Waals surface area contributed by atoms with Gasteiger partial charge in [-0.3, -0.25) is 4.98 Å². The van der Waals surface area contributed by atoms with E-state index >= 15 is 0 Å². The summed E-state index contributed by atoms with van der Waals surface area (Å²) in [7, 11) is 2.07. The van der Waals surface area contributed by atoms with Gasteiger partial charge in [-0.1, -0.05) is 37.3 Å². The fourth-order valence-corrected chi connectivity index (χ4v) is 3.88. The zero-order valence-corrected chi connectivity index (χ0v) is 16.0. The molecule has 0 bridgehead atoms. The number of aromatic nitrogens is 6. The Morgan fingerprint density at radius 1 is 1.11 bits per heavy atom. The van der Waals surface area contributed by atoms with E-state index in [1.807, 2.05) is 42.8 Å². The van der Waals surface area contributed by atoms with Gasteiger partial charge in [-0.15, -0.1) is 0 Å². The predicted octanol–water partition coefficient (Wildman–Crippen LogP) is 3.59. The monoisotopic (exact) mass is 358 g/mol. The molecule has 5 rings (SSSR count). The largest absolute Gasteiger partial charge is 0.337 e. The van der Waals surface area contributed by atoms with Crippen molar-refractivity contribution in [3.63, 3.8) is 0 Å². The van der Waals surface area contributed by atoms with Crippen LogP contribution < -0.4 is 0 Å². The molecule has 0 aliphatic heterocycles. The Hall–Kier alpha value is -3.02. The highest BCUT2D eigenvalue weighted by Gasteiger charge is 2.57. The van der Waals surface area contributed by atoms with E-state index in [9.17, 15) is 0 Å². The summed E-state index contributed by atoms with van der Waals surface area (Å²) >= 11 is 0. The number of aryl methyl sites for hydroxylation is 3. The first-order chi connectivity index (χ1) is 13.0. The van der Waals surface area contributed by atoms with Crippen LogP contribution >= 0.6 is 0 Å². The third kappa shape index (κ3) is 2.40. The molecular formula is C21H22N6. The maximum atomic E-state index is 4.94. The maximum Gasteiger partial charge on any atom is 0.177 e. The molecule has 1 aromatic carbocycles. The van der Waals surface area contributed by atoms with E-state index in [1.165, 1.54) is 0 Å². The minimum absolute atomic E-state index is 0.0853. The molecule has 6 nitrogen and oxygen atoms in total. The quantitative estimate of drug-likeness (QED) is 0.561. The molecule has 27 heavy (non-hydrogen) atoms. The van der Waals surface area contributed by atoms with Crippen molar-refractivity contribution in [3.05, 3.63) is 65.8 Å². The molecule has 3 heterocycles. The summed E-state index contributed by atoms with van der Waals surface area (Å²) in [5.74, 6) is 2.31. The van der Waals surface area contributed by atoms with Gasteiger partial charge >= 0.3 is 0 Å². The van der Waals surface area contributed by atoms with E-state index in [4.69, 9.17) is 15.1 Å². The first kappa shape index (κ1) is 16.2. The SMILES string of the molecule is Cc1ncc(C)n2nc(C3(C)CC3c3nc(-c4ccccc4)cn3C)nc12. The van der Waals surface area contributed by atoms with Crippen molar-refractivity contribution in [1.29, 1.82) is 0 Å². The summed E-state index contributed by atoms with van der Waals surface area (Å²) in [5.41, 5.74) is 4.83. The summed E-state index contributed by atoms with van der Waals surface area (Å²) in [4.78, 5) is 14.2. The van der Waals surface area contributed by atoms with E-state index in [-0.39, 0.29) is 5.41 Å². The molecule has 1 aliphatic rings. The van der Waals surface area contributed by atoms with Gasteiger partial charge in [0.1, 0.15) is 5.82 Å². The highest BCUT2D eigenvalue weighted by atomic mass is 15.3. The molecule has 0 N–H and O–H groups in total. The zero-order valence-electron chi connectivity index (χ0n) is 16.0. The molecule has 0 saturated heterocycles. The topological polar surface area (TPSA) is 60.9 Å². The lowest BCUT2D eigenvalue weighted by molar-refractivity contribution is 0.648. The summed E-state index contributed by atoms with van der Waals surface area (Å²) < 4.78 is 4.05. The second kappa shape index (κ2) is 5.49. The second-order valence-corrected chi connectivity index (χ2v) is 7.79. The molecule has 0 amide bonds. The Morgan fingerprint density at radius 2 is 1.89 bits per heavy atom. The average molecular weight is 358 g/mol. The van der Waals surface area contributed by atoms with Crippen molar-refractivity contribution in [2.24, 2.45) is 7.05 Å². The van der Waals surface area contributed by atoms with Gasteiger partial charge < -0.3 is 4.57 Å². The molecule has 0 radical (unpaired) electrons. The van der Waals surface area contributed by atoms with Gasteiger partial charge in [0.05, 0.1) is 17.1 Å². The Kier molecular flexibility index (Phi) is 3.29. The number of imidazole rings is 1. The molecular weight excluding hydrogens is 336 g/mol. The van der Waals surface area contributed by atoms with Crippen LogP contribution in [-0.2, 0) is 12.5 Å². The first-order valence-corrected chi connectivity index (χ1v) is 9.25. The van der Waals surface area contributed by atoms with E-state index in [0.29, 0.717) is 5.92 Å². The third-order valence-corrected chi connectivity index (χ3v) is 5.75. The number of hydrogen-bond donors (Lipinski definition) is 0. The van der Waals surface area contributed by atoms with Crippen LogP contribution in [0.15, 0.2) is 42.7 Å². The second-order valence-electron chi connectivity index (χ2n) is 7.79. The number of nitrogens with zero attached hydrogens (tertiary/aromatic N) is 6. The highest BCUT2D eigenvalue weighted by Crippen LogP contribution is 2.59. The van der Waals surface area contributed by atoms with Crippen molar-refractivity contribution in [1.82, 2.24) is 29.1 Å². The zero-order chi connectivity index (χ0) is 18.8. The van der Waals surface area contributed by atoms with Crippen molar-refractivity contribution in [2.45, 2.75) is 38.5 Å². The van der Waals surface area contributed by atoms with Gasteiger partial charge in [0.25, 0.3) is 0 Å². The minimum Gasteiger partial charge on any atom is -0.337 e. The predicted molar refractivity (Wildman–Crippen MR) is 104 cm³/mol. The van der Waals surface area contributed by atoms with Crippen molar-refractivity contribution in [3.8, 4) is 11.3 Å². The van der Waals surface area contributed by atoms with Gasteiger partial charge in [0.2, 0.25) is 0 Å². The van der Waals surface area contributed by atoms with Crippen molar-refractivity contribution in [2.75, 3.05) is 0 Å². The molecule has 3 aromatic heterocycles. The molecule has 2 atom stereocenters. The van der Waals surface area contributed by atoms with Crippen LogP contribution in [0.4, 0.5) is 0 Å². The number of fused-ring (bicyclic) bond motifs is 1. The van der Waals surface area contributed by atoms with Gasteiger partial charge in [-0.05, 0) is 20.3 Å². The normalized spacial score (nSPS) is 21.7. The van der Waals surface area contributed by atoms with Crippen LogP contribution in [0.25, 0.3) is 16.9 Å². The average Bonchev–Trinajstić information content (AvgIpc) is 3.02. The highest BCUT2D eigenvalue weighted by molar-refractivity contribution is 5.59. The number of benzene rings is 1. The third-order valence-electron chi connectivity index (χ3n) is 5.75. The smallest absolute Gasteiger partial charge is 0.177 e. The Bertz CT molecular complexity index is 1120. The van der Waals surface area contributed by atoms with Crippen molar-refractivity contribution >= 4 is 5.65 Å². The van der Waals surface area contributed by atoms with E-state index in [2.05, 4.69) is 41.9 Å². The van der Waals surface area contributed by atoms with Gasteiger partial charge in [0, 0.05) is 36.3 Å². The summed E-state index contributed by atoms with van der Waals surface area (Å²) in [6.07, 6.45) is 4.96. The van der Waals surface area contributed by atoms with Gasteiger partial charge in [-0.2, -0.15) is 5.10 Å². The van der Waals surface area contributed by atoms with Crippen LogP contribution in [0.3, 0.4) is 0 Å². The number of rotatable bonds is 3. The molecule has 4 aromatic rings. The van der Waals surface area contributed by atoms with Crippen LogP contribution in [0.2, 0.25) is 0 Å². The molecule has 6 heteroatoms. The Labute approximate surface area is 157 Å². The summed E-state index contributed by atoms with van der Waals surface area (Å²) in [5, 5.41) is 4.81. The minimum atomic E-state index is -0.0853. The lowest BCUT2D eigenvalue weighted by atomic mass is 10.1. The van der Waals surface area contributed by atoms with Crippen molar-refractivity contribution < 1.29 is 0 Å². The molecule has 0 spiro atoms. The summed E-state index contributed by atoms with van der Waals surface area (Å²) in [6.45, 7) is 6.22.